The number of nitrogens with one attached hydrogen (secondary N) is 1. The van der Waals surface area contributed by atoms with Gasteiger partial charge in [0.25, 0.3) is 0 Å². The molecule has 5 aromatic rings. The predicted octanol–water partition coefficient (Wildman–Crippen LogP) is 6.09. The van der Waals surface area contributed by atoms with Crippen molar-refractivity contribution in [3.05, 3.63) is 88.9 Å². The normalized spacial score (nSPS) is 16.5. The fourth-order valence-corrected chi connectivity index (χ4v) is 6.13. The van der Waals surface area contributed by atoms with Crippen LogP contribution in [0.3, 0.4) is 0 Å². The van der Waals surface area contributed by atoms with Crippen molar-refractivity contribution in [2.24, 2.45) is 0 Å². The van der Waals surface area contributed by atoms with Gasteiger partial charge < -0.3 is 19.1 Å². The van der Waals surface area contributed by atoms with E-state index >= 15 is 0 Å². The molecule has 0 radical (unpaired) electrons. The van der Waals surface area contributed by atoms with Crippen LogP contribution in [0.1, 0.15) is 45.8 Å². The molecule has 3 aromatic carbocycles. The molecule has 0 atom stereocenters. The number of H-pyrrole nitrogens is 1. The number of likely N-dealkylation sites (tertiary alicyclic amines) is 1. The zero-order valence-corrected chi connectivity index (χ0v) is 22.4. The largest absolute Gasteiger partial charge is 0.492 e. The highest BCUT2D eigenvalue weighted by molar-refractivity contribution is 6.16. The Kier molecular flexibility index (Phi) is 5.45. The number of aromatic amines is 1. The number of aryl methyl sites for hydroxylation is 2. The number of piperidine rings is 1. The van der Waals surface area contributed by atoms with E-state index in [1.807, 2.05) is 36.5 Å². The second-order valence-corrected chi connectivity index (χ2v) is 11.0. The van der Waals surface area contributed by atoms with Gasteiger partial charge in [-0.25, -0.2) is 0 Å². The van der Waals surface area contributed by atoms with Crippen LogP contribution in [0.4, 0.5) is 0 Å². The van der Waals surface area contributed by atoms with Crippen molar-refractivity contribution in [2.75, 3.05) is 26.7 Å². The molecule has 2 aliphatic heterocycles. The summed E-state index contributed by atoms with van der Waals surface area (Å²) in [5.41, 5.74) is 7.78. The third-order valence-electron chi connectivity index (χ3n) is 8.52. The van der Waals surface area contributed by atoms with Gasteiger partial charge in [-0.15, -0.1) is 0 Å². The number of hydrogen-bond donors (Lipinski definition) is 1. The van der Waals surface area contributed by atoms with E-state index in [0.29, 0.717) is 22.8 Å². The summed E-state index contributed by atoms with van der Waals surface area (Å²) in [6, 6.07) is 18.3. The lowest BCUT2D eigenvalue weighted by Gasteiger charge is -2.36. The molecular weight excluding hydrogens is 488 g/mol. The minimum atomic E-state index is 0.0173. The van der Waals surface area contributed by atoms with Crippen LogP contribution in [0.25, 0.3) is 33.4 Å². The fraction of sp³-hybridized carbons (Fsp3) is 0.281. The molecule has 1 fully saturated rings. The highest BCUT2D eigenvalue weighted by Gasteiger charge is 2.43. The summed E-state index contributed by atoms with van der Waals surface area (Å²) in [5, 5.41) is 4.99. The second-order valence-electron chi connectivity index (χ2n) is 11.0. The summed E-state index contributed by atoms with van der Waals surface area (Å²) >= 11 is 0. The van der Waals surface area contributed by atoms with E-state index in [4.69, 9.17) is 9.26 Å². The van der Waals surface area contributed by atoms with Crippen molar-refractivity contribution >= 4 is 16.7 Å². The van der Waals surface area contributed by atoms with Gasteiger partial charge in [0.1, 0.15) is 5.75 Å². The summed E-state index contributed by atoms with van der Waals surface area (Å²) in [6.45, 7) is 6.69. The molecule has 0 aliphatic carbocycles. The molecule has 1 spiro atoms. The van der Waals surface area contributed by atoms with Crippen molar-refractivity contribution < 1.29 is 14.1 Å². The van der Waals surface area contributed by atoms with Crippen LogP contribution in [-0.2, 0) is 5.41 Å². The first-order valence-electron chi connectivity index (χ1n) is 13.4. The first kappa shape index (κ1) is 23.9. The van der Waals surface area contributed by atoms with E-state index in [1.165, 1.54) is 5.56 Å². The maximum Gasteiger partial charge on any atom is 0.223 e. The maximum absolute atomic E-state index is 13.7. The topological polar surface area (TPSA) is 84.2 Å². The molecule has 0 amide bonds. The van der Waals surface area contributed by atoms with E-state index in [9.17, 15) is 4.79 Å². The van der Waals surface area contributed by atoms with Crippen LogP contribution in [-0.4, -0.2) is 52.6 Å². The molecule has 0 bridgehead atoms. The second kappa shape index (κ2) is 8.92. The number of aromatic nitrogens is 3. The Morgan fingerprint density at radius 3 is 2.49 bits per heavy atom. The van der Waals surface area contributed by atoms with Gasteiger partial charge in [-0.3, -0.25) is 4.79 Å². The molecule has 196 valence electrons. The van der Waals surface area contributed by atoms with E-state index in [-0.39, 0.29) is 11.2 Å². The van der Waals surface area contributed by atoms with Crippen LogP contribution in [0, 0.1) is 13.8 Å². The van der Waals surface area contributed by atoms with Gasteiger partial charge in [-0.05, 0) is 68.7 Å². The van der Waals surface area contributed by atoms with Crippen LogP contribution >= 0.6 is 0 Å². The van der Waals surface area contributed by atoms with E-state index in [0.717, 1.165) is 71.4 Å². The Labute approximate surface area is 226 Å². The number of nitrogens with zero attached hydrogens (tertiary/aromatic N) is 3. The Balaban J connectivity index is 1.18. The average molecular weight is 519 g/mol. The molecule has 7 rings (SSSR count). The summed E-state index contributed by atoms with van der Waals surface area (Å²) in [7, 11) is 2.17. The van der Waals surface area contributed by atoms with Crippen molar-refractivity contribution in [1.82, 2.24) is 20.0 Å². The number of ketones is 1. The SMILES string of the molecule is Cc1nc(-c2ccc(-c3ccc(C(=O)c4c[nH]c5cc6c(cc45)C4(CCN(C)CC4)CO6)cc3)c(C)c2)no1. The molecule has 1 saturated heterocycles. The van der Waals surface area contributed by atoms with Crippen molar-refractivity contribution in [2.45, 2.75) is 32.1 Å². The lowest BCUT2D eigenvalue weighted by Crippen LogP contribution is -2.41. The molecule has 7 nitrogen and oxygen atoms in total. The Hall–Kier alpha value is -4.23. The lowest BCUT2D eigenvalue weighted by atomic mass is 9.74. The van der Waals surface area contributed by atoms with Crippen LogP contribution in [0.5, 0.6) is 5.75 Å². The van der Waals surface area contributed by atoms with Crippen molar-refractivity contribution in [3.63, 3.8) is 0 Å². The summed E-state index contributed by atoms with van der Waals surface area (Å²) in [4.78, 5) is 23.7. The van der Waals surface area contributed by atoms with Crippen molar-refractivity contribution in [1.29, 1.82) is 0 Å². The third kappa shape index (κ3) is 3.96. The number of benzene rings is 3. The van der Waals surface area contributed by atoms with Gasteiger partial charge in [-0.1, -0.05) is 41.6 Å². The van der Waals surface area contributed by atoms with Gasteiger partial charge in [-0.2, -0.15) is 4.98 Å². The standard InChI is InChI=1S/C32H30N4O3/c1-19-14-23(31-34-20(2)39-35-31)8-9-24(19)21-4-6-22(7-5-21)30(37)26-17-33-28-16-29-27(15-25(26)28)32(18-38-29)10-12-36(3)13-11-32/h4-9,14-17,33H,10-13,18H2,1-3H3. The first-order chi connectivity index (χ1) is 18.9. The molecule has 7 heteroatoms. The number of rotatable bonds is 4. The maximum atomic E-state index is 13.7. The van der Waals surface area contributed by atoms with Gasteiger partial charge in [0, 0.05) is 57.8 Å². The minimum absolute atomic E-state index is 0.0173. The monoisotopic (exact) mass is 518 g/mol. The minimum Gasteiger partial charge on any atom is -0.492 e. The number of ether oxygens (including phenoxy) is 1. The molecule has 4 heterocycles. The molecule has 39 heavy (non-hydrogen) atoms. The smallest absolute Gasteiger partial charge is 0.223 e. The Morgan fingerprint density at radius 1 is 1.00 bits per heavy atom. The van der Waals surface area contributed by atoms with Gasteiger partial charge in [0.15, 0.2) is 5.78 Å². The van der Waals surface area contributed by atoms with Crippen LogP contribution in [0.2, 0.25) is 0 Å². The van der Waals surface area contributed by atoms with Gasteiger partial charge in [0.05, 0.1) is 6.61 Å². The first-order valence-corrected chi connectivity index (χ1v) is 13.4. The van der Waals surface area contributed by atoms with E-state index < -0.39 is 0 Å². The summed E-state index contributed by atoms with van der Waals surface area (Å²) < 4.78 is 11.3. The fourth-order valence-electron chi connectivity index (χ4n) is 6.13. The quantitative estimate of drug-likeness (QED) is 0.290. The Morgan fingerprint density at radius 2 is 1.77 bits per heavy atom. The molecule has 2 aliphatic rings. The van der Waals surface area contributed by atoms with Crippen LogP contribution < -0.4 is 4.74 Å². The summed E-state index contributed by atoms with van der Waals surface area (Å²) in [6.07, 6.45) is 3.98. The van der Waals surface area contributed by atoms with Gasteiger partial charge >= 0.3 is 0 Å². The summed E-state index contributed by atoms with van der Waals surface area (Å²) in [5.74, 6) is 2.10. The number of fused-ring (bicyclic) bond motifs is 3. The number of carbonyl (C=O) groups is 1. The Bertz CT molecular complexity index is 1720. The van der Waals surface area contributed by atoms with E-state index in [1.54, 1.807) is 6.92 Å². The third-order valence-corrected chi connectivity index (χ3v) is 8.52. The zero-order valence-electron chi connectivity index (χ0n) is 22.4. The highest BCUT2D eigenvalue weighted by atomic mass is 16.5. The number of carbonyl (C=O) groups excluding carboxylic acids is 1. The zero-order chi connectivity index (χ0) is 26.7. The lowest BCUT2D eigenvalue weighted by molar-refractivity contribution is 0.104. The van der Waals surface area contributed by atoms with Crippen LogP contribution in [0.15, 0.2) is 65.3 Å². The van der Waals surface area contributed by atoms with E-state index in [2.05, 4.69) is 58.3 Å². The van der Waals surface area contributed by atoms with Crippen molar-refractivity contribution in [3.8, 4) is 28.3 Å². The average Bonchev–Trinajstić information content (AvgIpc) is 3.66. The molecule has 0 saturated carbocycles. The highest BCUT2D eigenvalue weighted by Crippen LogP contribution is 2.47. The molecule has 1 N–H and O–H groups in total. The predicted molar refractivity (Wildman–Crippen MR) is 150 cm³/mol. The molecular formula is C32H30N4O3. The molecule has 0 unspecified atom stereocenters. The number of hydrogen-bond acceptors (Lipinski definition) is 6. The van der Waals surface area contributed by atoms with Gasteiger partial charge in [0.2, 0.25) is 11.7 Å². The molecule has 2 aromatic heterocycles.